The number of phenolic OH excluding ortho intramolecular Hbond substituents is 1. The van der Waals surface area contributed by atoms with E-state index in [1.807, 2.05) is 26.0 Å². The average Bonchev–Trinajstić information content (AvgIpc) is 2.61. The van der Waals surface area contributed by atoms with Crippen LogP contribution < -0.4 is 5.73 Å². The summed E-state index contributed by atoms with van der Waals surface area (Å²) in [4.78, 5) is 0. The molecule has 84 valence electrons. The molecule has 0 spiro atoms. The summed E-state index contributed by atoms with van der Waals surface area (Å²) in [6.45, 7) is 4.09. The van der Waals surface area contributed by atoms with Crippen LogP contribution in [0.1, 0.15) is 25.3 Å². The highest BCUT2D eigenvalue weighted by Crippen LogP contribution is 2.35. The molecule has 16 heavy (non-hydrogen) atoms. The molecule has 1 heterocycles. The molecule has 0 saturated heterocycles. The summed E-state index contributed by atoms with van der Waals surface area (Å²) in [7, 11) is 0. The topological polar surface area (TPSA) is 74.9 Å². The van der Waals surface area contributed by atoms with Crippen LogP contribution in [-0.4, -0.2) is 15.3 Å². The zero-order chi connectivity index (χ0) is 11.7. The number of hydrogen-bond acceptors (Lipinski definition) is 3. The fraction of sp³-hybridized carbons (Fsp3) is 0.250. The molecule has 4 N–H and O–H groups in total. The van der Waals surface area contributed by atoms with E-state index in [1.54, 1.807) is 12.1 Å². The second-order valence-electron chi connectivity index (χ2n) is 4.07. The first-order valence-corrected chi connectivity index (χ1v) is 5.23. The van der Waals surface area contributed by atoms with Gasteiger partial charge < -0.3 is 10.8 Å². The number of benzene rings is 1. The third kappa shape index (κ3) is 1.62. The lowest BCUT2D eigenvalue weighted by Gasteiger charge is -2.08. The standard InChI is InChI=1S/C12H15N3O/c1-7(2)10-11(14-15-12(10)13)8-5-3-4-6-9(8)16/h3-7,16H,1-2H3,(H3,13,14,15). The van der Waals surface area contributed by atoms with Crippen molar-refractivity contribution in [3.05, 3.63) is 29.8 Å². The summed E-state index contributed by atoms with van der Waals surface area (Å²) in [6, 6.07) is 7.15. The average molecular weight is 217 g/mol. The van der Waals surface area contributed by atoms with Crippen molar-refractivity contribution in [3.8, 4) is 17.0 Å². The first kappa shape index (κ1) is 10.5. The number of aromatic nitrogens is 2. The summed E-state index contributed by atoms with van der Waals surface area (Å²) in [5.74, 6) is 0.981. The van der Waals surface area contributed by atoms with Gasteiger partial charge in [-0.25, -0.2) is 0 Å². The molecule has 1 aromatic heterocycles. The van der Waals surface area contributed by atoms with Gasteiger partial charge in [0.25, 0.3) is 0 Å². The van der Waals surface area contributed by atoms with Crippen LogP contribution in [0.15, 0.2) is 24.3 Å². The van der Waals surface area contributed by atoms with Gasteiger partial charge in [0.1, 0.15) is 11.6 Å². The highest BCUT2D eigenvalue weighted by molar-refractivity contribution is 5.73. The Labute approximate surface area is 94.1 Å². The van der Waals surface area contributed by atoms with Crippen molar-refractivity contribution in [1.29, 1.82) is 0 Å². The minimum Gasteiger partial charge on any atom is -0.507 e. The zero-order valence-corrected chi connectivity index (χ0v) is 9.36. The maximum atomic E-state index is 9.79. The maximum absolute atomic E-state index is 9.79. The molecule has 0 fully saturated rings. The molecule has 2 rings (SSSR count). The first-order valence-electron chi connectivity index (χ1n) is 5.23. The molecule has 0 atom stereocenters. The van der Waals surface area contributed by atoms with Gasteiger partial charge in [-0.2, -0.15) is 5.10 Å². The number of rotatable bonds is 2. The van der Waals surface area contributed by atoms with Crippen molar-refractivity contribution >= 4 is 5.82 Å². The van der Waals surface area contributed by atoms with Crippen LogP contribution in [-0.2, 0) is 0 Å². The van der Waals surface area contributed by atoms with E-state index >= 15 is 0 Å². The van der Waals surface area contributed by atoms with Gasteiger partial charge in [-0.15, -0.1) is 0 Å². The van der Waals surface area contributed by atoms with Crippen molar-refractivity contribution in [2.45, 2.75) is 19.8 Å². The smallest absolute Gasteiger partial charge is 0.149 e. The number of anilines is 1. The number of phenols is 1. The Bertz CT molecular complexity index is 503. The summed E-state index contributed by atoms with van der Waals surface area (Å²) in [6.07, 6.45) is 0. The number of aromatic hydroxyl groups is 1. The van der Waals surface area contributed by atoms with Gasteiger partial charge in [-0.3, -0.25) is 5.10 Å². The number of hydrogen-bond donors (Lipinski definition) is 3. The minimum atomic E-state index is 0.230. The SMILES string of the molecule is CC(C)c1c(N)n[nH]c1-c1ccccc1O. The van der Waals surface area contributed by atoms with Gasteiger partial charge in [0.2, 0.25) is 0 Å². The Kier molecular flexibility index (Phi) is 2.56. The van der Waals surface area contributed by atoms with Crippen LogP contribution in [0.5, 0.6) is 5.75 Å². The van der Waals surface area contributed by atoms with E-state index in [-0.39, 0.29) is 11.7 Å². The van der Waals surface area contributed by atoms with Gasteiger partial charge in [0.05, 0.1) is 5.69 Å². The fourth-order valence-electron chi connectivity index (χ4n) is 1.84. The summed E-state index contributed by atoms with van der Waals surface area (Å²) in [5.41, 5.74) is 8.28. The third-order valence-corrected chi connectivity index (χ3v) is 2.58. The van der Waals surface area contributed by atoms with E-state index in [1.165, 1.54) is 0 Å². The Balaban J connectivity index is 2.61. The molecular formula is C12H15N3O. The molecule has 0 unspecified atom stereocenters. The third-order valence-electron chi connectivity index (χ3n) is 2.58. The molecule has 0 radical (unpaired) electrons. The van der Waals surface area contributed by atoms with Gasteiger partial charge in [0.15, 0.2) is 0 Å². The van der Waals surface area contributed by atoms with Gasteiger partial charge in [-0.1, -0.05) is 26.0 Å². The molecular weight excluding hydrogens is 202 g/mol. The predicted octanol–water partition coefficient (Wildman–Crippen LogP) is 2.49. The number of aromatic amines is 1. The van der Waals surface area contributed by atoms with E-state index in [2.05, 4.69) is 10.2 Å². The quantitative estimate of drug-likeness (QED) is 0.723. The van der Waals surface area contributed by atoms with Crippen molar-refractivity contribution in [1.82, 2.24) is 10.2 Å². The number of nitrogens with two attached hydrogens (primary N) is 1. The summed E-state index contributed by atoms with van der Waals surface area (Å²) in [5, 5.41) is 16.7. The number of nitrogen functional groups attached to an aromatic ring is 1. The van der Waals surface area contributed by atoms with Crippen molar-refractivity contribution in [3.63, 3.8) is 0 Å². The largest absolute Gasteiger partial charge is 0.507 e. The Morgan fingerprint density at radius 1 is 1.31 bits per heavy atom. The molecule has 0 saturated carbocycles. The molecule has 2 aromatic rings. The van der Waals surface area contributed by atoms with Gasteiger partial charge in [-0.05, 0) is 18.1 Å². The van der Waals surface area contributed by atoms with Crippen LogP contribution in [0.2, 0.25) is 0 Å². The fourth-order valence-corrected chi connectivity index (χ4v) is 1.84. The summed E-state index contributed by atoms with van der Waals surface area (Å²) < 4.78 is 0. The van der Waals surface area contributed by atoms with E-state index in [0.29, 0.717) is 5.82 Å². The zero-order valence-electron chi connectivity index (χ0n) is 9.36. The predicted molar refractivity (Wildman–Crippen MR) is 64.2 cm³/mol. The lowest BCUT2D eigenvalue weighted by molar-refractivity contribution is 0.477. The summed E-state index contributed by atoms with van der Waals surface area (Å²) >= 11 is 0. The van der Waals surface area contributed by atoms with Crippen molar-refractivity contribution < 1.29 is 5.11 Å². The lowest BCUT2D eigenvalue weighted by Crippen LogP contribution is -1.95. The van der Waals surface area contributed by atoms with Crippen LogP contribution in [0.25, 0.3) is 11.3 Å². The van der Waals surface area contributed by atoms with E-state index in [0.717, 1.165) is 16.8 Å². The number of para-hydroxylation sites is 1. The molecule has 0 bridgehead atoms. The minimum absolute atomic E-state index is 0.230. The Hall–Kier alpha value is -1.97. The molecule has 0 aliphatic rings. The van der Waals surface area contributed by atoms with Crippen molar-refractivity contribution in [2.75, 3.05) is 5.73 Å². The Morgan fingerprint density at radius 2 is 2.00 bits per heavy atom. The normalized spacial score (nSPS) is 10.9. The van der Waals surface area contributed by atoms with E-state index in [9.17, 15) is 5.11 Å². The van der Waals surface area contributed by atoms with E-state index in [4.69, 9.17) is 5.73 Å². The Morgan fingerprint density at radius 3 is 2.62 bits per heavy atom. The van der Waals surface area contributed by atoms with Gasteiger partial charge >= 0.3 is 0 Å². The molecule has 0 amide bonds. The lowest BCUT2D eigenvalue weighted by atomic mass is 9.98. The van der Waals surface area contributed by atoms with Crippen molar-refractivity contribution in [2.24, 2.45) is 0 Å². The molecule has 4 heteroatoms. The highest BCUT2D eigenvalue weighted by atomic mass is 16.3. The number of H-pyrrole nitrogens is 1. The number of nitrogens with one attached hydrogen (secondary N) is 1. The second-order valence-corrected chi connectivity index (χ2v) is 4.07. The molecule has 1 aromatic carbocycles. The molecule has 0 aliphatic heterocycles. The van der Waals surface area contributed by atoms with Crippen LogP contribution in [0.4, 0.5) is 5.82 Å². The first-order chi connectivity index (χ1) is 7.61. The van der Waals surface area contributed by atoms with E-state index < -0.39 is 0 Å². The molecule has 0 aliphatic carbocycles. The maximum Gasteiger partial charge on any atom is 0.149 e. The highest BCUT2D eigenvalue weighted by Gasteiger charge is 2.17. The molecule has 4 nitrogen and oxygen atoms in total. The van der Waals surface area contributed by atoms with Crippen LogP contribution in [0, 0.1) is 0 Å². The van der Waals surface area contributed by atoms with Crippen LogP contribution in [0.3, 0.4) is 0 Å². The monoisotopic (exact) mass is 217 g/mol. The van der Waals surface area contributed by atoms with Crippen LogP contribution >= 0.6 is 0 Å². The number of nitrogens with zero attached hydrogens (tertiary/aromatic N) is 1. The second kappa shape index (κ2) is 3.89. The van der Waals surface area contributed by atoms with Gasteiger partial charge in [0, 0.05) is 11.1 Å².